The van der Waals surface area contributed by atoms with Crippen LogP contribution in [0, 0.1) is 0 Å². The van der Waals surface area contributed by atoms with Crippen molar-refractivity contribution in [1.82, 2.24) is 9.88 Å². The van der Waals surface area contributed by atoms with Crippen LogP contribution in [-0.2, 0) is 4.74 Å². The summed E-state index contributed by atoms with van der Waals surface area (Å²) in [5, 5.41) is 10.7. The fourth-order valence-electron chi connectivity index (χ4n) is 3.63. The zero-order valence-corrected chi connectivity index (χ0v) is 14.4. The molecule has 3 heterocycles. The second-order valence-corrected chi connectivity index (χ2v) is 7.20. The number of ether oxygens (including phenoxy) is 1. The number of pyridine rings is 1. The number of anilines is 1. The summed E-state index contributed by atoms with van der Waals surface area (Å²) in [6.07, 6.45) is 3.77. The monoisotopic (exact) mass is 319 g/mol. The first-order valence-electron chi connectivity index (χ1n) is 8.72. The summed E-state index contributed by atoms with van der Waals surface area (Å²) in [5.74, 6) is 1.57. The molecule has 128 valence electrons. The molecule has 5 nitrogen and oxygen atoms in total. The van der Waals surface area contributed by atoms with Crippen LogP contribution in [0.4, 0.5) is 5.82 Å². The van der Waals surface area contributed by atoms with Crippen LogP contribution in [0.25, 0.3) is 0 Å². The van der Waals surface area contributed by atoms with Crippen LogP contribution in [0.1, 0.15) is 37.3 Å². The second kappa shape index (κ2) is 7.16. The van der Waals surface area contributed by atoms with Crippen LogP contribution in [0.2, 0.25) is 0 Å². The minimum Gasteiger partial charge on any atom is -0.388 e. The van der Waals surface area contributed by atoms with Crippen molar-refractivity contribution in [2.45, 2.75) is 37.2 Å². The summed E-state index contributed by atoms with van der Waals surface area (Å²) < 4.78 is 5.37. The Kier molecular flexibility index (Phi) is 5.19. The Balaban J connectivity index is 1.55. The highest BCUT2D eigenvalue weighted by atomic mass is 16.5. The van der Waals surface area contributed by atoms with E-state index in [4.69, 9.17) is 9.72 Å². The van der Waals surface area contributed by atoms with Gasteiger partial charge in [-0.05, 0) is 38.1 Å². The first-order valence-corrected chi connectivity index (χ1v) is 8.72. The Labute approximate surface area is 139 Å². The Morgan fingerprint density at radius 2 is 1.96 bits per heavy atom. The Morgan fingerprint density at radius 1 is 1.26 bits per heavy atom. The van der Waals surface area contributed by atoms with E-state index < -0.39 is 5.60 Å². The van der Waals surface area contributed by atoms with Crippen molar-refractivity contribution in [3.63, 3.8) is 0 Å². The maximum Gasteiger partial charge on any atom is 0.128 e. The molecule has 2 fully saturated rings. The molecule has 0 atom stereocenters. The van der Waals surface area contributed by atoms with Crippen molar-refractivity contribution in [3.8, 4) is 0 Å². The fraction of sp³-hybridized carbons (Fsp3) is 0.722. The molecule has 0 unspecified atom stereocenters. The SMILES string of the molecule is CN(C)c1cccc(C2CCN(CC3(O)CCOCC3)CC2)n1. The standard InChI is InChI=1S/C18H29N3O2/c1-20(2)17-5-3-4-16(19-17)15-6-10-21(11-7-15)14-18(22)8-12-23-13-9-18/h3-5,15,22H,6-14H2,1-2H3. The summed E-state index contributed by atoms with van der Waals surface area (Å²) in [6, 6.07) is 6.31. The highest BCUT2D eigenvalue weighted by Gasteiger charge is 2.33. The lowest BCUT2D eigenvalue weighted by molar-refractivity contribution is -0.0821. The number of hydrogen-bond donors (Lipinski definition) is 1. The van der Waals surface area contributed by atoms with E-state index in [0.29, 0.717) is 19.1 Å². The Morgan fingerprint density at radius 3 is 2.61 bits per heavy atom. The maximum atomic E-state index is 10.7. The van der Waals surface area contributed by atoms with Gasteiger partial charge in [0, 0.05) is 58.3 Å². The first-order chi connectivity index (χ1) is 11.1. The van der Waals surface area contributed by atoms with Crippen molar-refractivity contribution in [1.29, 1.82) is 0 Å². The van der Waals surface area contributed by atoms with E-state index >= 15 is 0 Å². The lowest BCUT2D eigenvalue weighted by Crippen LogP contribution is -2.48. The molecule has 0 aromatic carbocycles. The predicted molar refractivity (Wildman–Crippen MR) is 92.0 cm³/mol. The number of nitrogens with zero attached hydrogens (tertiary/aromatic N) is 3. The van der Waals surface area contributed by atoms with Crippen molar-refractivity contribution in [2.75, 3.05) is 51.8 Å². The maximum absolute atomic E-state index is 10.7. The third-order valence-electron chi connectivity index (χ3n) is 5.16. The van der Waals surface area contributed by atoms with E-state index in [1.54, 1.807) is 0 Å². The van der Waals surface area contributed by atoms with E-state index in [-0.39, 0.29) is 0 Å². The molecule has 2 aliphatic heterocycles. The van der Waals surface area contributed by atoms with Crippen LogP contribution in [0.3, 0.4) is 0 Å². The van der Waals surface area contributed by atoms with Crippen LogP contribution >= 0.6 is 0 Å². The number of β-amino-alcohol motifs (C(OH)–C–C–N with tert-alkyl or cyclic N) is 1. The summed E-state index contributed by atoms with van der Waals surface area (Å²) in [6.45, 7) is 4.25. The molecule has 0 bridgehead atoms. The minimum atomic E-state index is -0.547. The van der Waals surface area contributed by atoms with E-state index in [0.717, 1.165) is 51.1 Å². The molecule has 5 heteroatoms. The topological polar surface area (TPSA) is 48.8 Å². The minimum absolute atomic E-state index is 0.537. The third kappa shape index (κ3) is 4.22. The summed E-state index contributed by atoms with van der Waals surface area (Å²) in [7, 11) is 4.06. The third-order valence-corrected chi connectivity index (χ3v) is 5.16. The lowest BCUT2D eigenvalue weighted by Gasteiger charge is -2.39. The number of hydrogen-bond acceptors (Lipinski definition) is 5. The van der Waals surface area contributed by atoms with Gasteiger partial charge in [0.15, 0.2) is 0 Å². The lowest BCUT2D eigenvalue weighted by atomic mass is 9.89. The van der Waals surface area contributed by atoms with Gasteiger partial charge in [0.2, 0.25) is 0 Å². The largest absolute Gasteiger partial charge is 0.388 e. The number of aromatic nitrogens is 1. The normalized spacial score (nSPS) is 22.9. The molecule has 1 aromatic heterocycles. The quantitative estimate of drug-likeness (QED) is 0.918. The van der Waals surface area contributed by atoms with Gasteiger partial charge in [-0.1, -0.05) is 6.07 Å². The van der Waals surface area contributed by atoms with Crippen LogP contribution in [0.15, 0.2) is 18.2 Å². The highest BCUT2D eigenvalue weighted by molar-refractivity contribution is 5.37. The molecule has 0 aliphatic carbocycles. The Hall–Kier alpha value is -1.17. The highest BCUT2D eigenvalue weighted by Crippen LogP contribution is 2.30. The van der Waals surface area contributed by atoms with Crippen LogP contribution in [0.5, 0.6) is 0 Å². The van der Waals surface area contributed by atoms with Crippen molar-refractivity contribution < 1.29 is 9.84 Å². The number of likely N-dealkylation sites (tertiary alicyclic amines) is 1. The fourth-order valence-corrected chi connectivity index (χ4v) is 3.63. The molecule has 3 rings (SSSR count). The smallest absolute Gasteiger partial charge is 0.128 e. The van der Waals surface area contributed by atoms with Crippen LogP contribution < -0.4 is 4.90 Å². The molecule has 2 saturated heterocycles. The average molecular weight is 319 g/mol. The summed E-state index contributed by atoms with van der Waals surface area (Å²) in [5.41, 5.74) is 0.661. The van der Waals surface area contributed by atoms with E-state index in [9.17, 15) is 5.11 Å². The average Bonchev–Trinajstić information content (AvgIpc) is 2.56. The van der Waals surface area contributed by atoms with Gasteiger partial charge in [0.1, 0.15) is 5.82 Å². The molecule has 1 N–H and O–H groups in total. The molecular weight excluding hydrogens is 290 g/mol. The van der Waals surface area contributed by atoms with Crippen LogP contribution in [-0.4, -0.2) is 67.5 Å². The van der Waals surface area contributed by atoms with Gasteiger partial charge in [-0.3, -0.25) is 0 Å². The van der Waals surface area contributed by atoms with Gasteiger partial charge < -0.3 is 19.6 Å². The Bertz CT molecular complexity index is 507. The van der Waals surface area contributed by atoms with Crippen molar-refractivity contribution in [2.24, 2.45) is 0 Å². The summed E-state index contributed by atoms with van der Waals surface area (Å²) in [4.78, 5) is 9.26. The van der Waals surface area contributed by atoms with E-state index in [2.05, 4.69) is 28.0 Å². The van der Waals surface area contributed by atoms with E-state index in [1.165, 1.54) is 5.69 Å². The predicted octanol–water partition coefficient (Wildman–Crippen LogP) is 1.87. The van der Waals surface area contributed by atoms with Gasteiger partial charge in [-0.15, -0.1) is 0 Å². The van der Waals surface area contributed by atoms with Crippen molar-refractivity contribution >= 4 is 5.82 Å². The zero-order valence-electron chi connectivity index (χ0n) is 14.4. The van der Waals surface area contributed by atoms with Gasteiger partial charge in [0.05, 0.1) is 5.60 Å². The molecular formula is C18H29N3O2. The molecule has 23 heavy (non-hydrogen) atoms. The zero-order chi connectivity index (χ0) is 16.3. The van der Waals surface area contributed by atoms with Crippen molar-refractivity contribution in [3.05, 3.63) is 23.9 Å². The molecule has 0 amide bonds. The number of rotatable bonds is 4. The van der Waals surface area contributed by atoms with Gasteiger partial charge in [-0.25, -0.2) is 4.98 Å². The molecule has 0 radical (unpaired) electrons. The molecule has 2 aliphatic rings. The summed E-state index contributed by atoms with van der Waals surface area (Å²) >= 11 is 0. The number of aliphatic hydroxyl groups is 1. The molecule has 1 aromatic rings. The van der Waals surface area contributed by atoms with E-state index in [1.807, 2.05) is 14.1 Å². The molecule has 0 saturated carbocycles. The van der Waals surface area contributed by atoms with Gasteiger partial charge in [-0.2, -0.15) is 0 Å². The number of piperidine rings is 1. The second-order valence-electron chi connectivity index (χ2n) is 7.20. The first kappa shape index (κ1) is 16.7. The van der Waals surface area contributed by atoms with Gasteiger partial charge in [0.25, 0.3) is 0 Å². The molecule has 0 spiro atoms. The van der Waals surface area contributed by atoms with Gasteiger partial charge >= 0.3 is 0 Å².